The van der Waals surface area contributed by atoms with Crippen molar-refractivity contribution < 1.29 is 5.11 Å². The van der Waals surface area contributed by atoms with Crippen molar-refractivity contribution in [3.8, 4) is 5.75 Å². The van der Waals surface area contributed by atoms with Gasteiger partial charge in [-0.25, -0.2) is 0 Å². The van der Waals surface area contributed by atoms with Crippen molar-refractivity contribution in [2.24, 2.45) is 5.92 Å². The molecular formula is C17H27NO. The summed E-state index contributed by atoms with van der Waals surface area (Å²) < 4.78 is 0. The van der Waals surface area contributed by atoms with Gasteiger partial charge in [0.15, 0.2) is 0 Å². The van der Waals surface area contributed by atoms with E-state index in [0.29, 0.717) is 29.7 Å². The third kappa shape index (κ3) is 2.64. The molecular weight excluding hydrogens is 234 g/mol. The van der Waals surface area contributed by atoms with Crippen molar-refractivity contribution in [1.29, 1.82) is 0 Å². The Morgan fingerprint density at radius 3 is 2.58 bits per heavy atom. The van der Waals surface area contributed by atoms with E-state index in [1.165, 1.54) is 11.1 Å². The number of phenolic OH excluding ortho intramolecular Hbond substituents is 1. The van der Waals surface area contributed by atoms with Crippen LogP contribution in [-0.2, 0) is 0 Å². The molecule has 0 fully saturated rings. The van der Waals surface area contributed by atoms with Crippen LogP contribution in [0.3, 0.4) is 0 Å². The van der Waals surface area contributed by atoms with Gasteiger partial charge in [-0.15, -0.1) is 0 Å². The largest absolute Gasteiger partial charge is 0.508 e. The van der Waals surface area contributed by atoms with Gasteiger partial charge < -0.3 is 10.4 Å². The summed E-state index contributed by atoms with van der Waals surface area (Å²) in [6.45, 7) is 11.2. The molecule has 1 aromatic rings. The zero-order chi connectivity index (χ0) is 14.2. The minimum atomic E-state index is 0.303. The number of hydrogen-bond acceptors (Lipinski definition) is 2. The first kappa shape index (κ1) is 14.4. The van der Waals surface area contributed by atoms with E-state index in [9.17, 15) is 5.11 Å². The first-order chi connectivity index (χ1) is 8.95. The van der Waals surface area contributed by atoms with Gasteiger partial charge in [-0.2, -0.15) is 0 Å². The fraction of sp³-hybridized carbons (Fsp3) is 0.647. The van der Waals surface area contributed by atoms with Crippen molar-refractivity contribution in [3.05, 3.63) is 28.8 Å². The highest BCUT2D eigenvalue weighted by molar-refractivity contribution is 5.50. The molecule has 1 aromatic carbocycles. The van der Waals surface area contributed by atoms with Gasteiger partial charge in [0.2, 0.25) is 0 Å². The van der Waals surface area contributed by atoms with Crippen LogP contribution in [0, 0.1) is 12.8 Å². The van der Waals surface area contributed by atoms with Gasteiger partial charge in [-0.1, -0.05) is 33.8 Å². The van der Waals surface area contributed by atoms with E-state index in [2.05, 4.69) is 39.9 Å². The maximum Gasteiger partial charge on any atom is 0.120 e. The van der Waals surface area contributed by atoms with Gasteiger partial charge in [0.1, 0.15) is 5.75 Å². The highest BCUT2D eigenvalue weighted by Gasteiger charge is 2.33. The Morgan fingerprint density at radius 1 is 1.32 bits per heavy atom. The molecule has 1 aliphatic rings. The summed E-state index contributed by atoms with van der Waals surface area (Å²) in [5.41, 5.74) is 3.81. The van der Waals surface area contributed by atoms with Crippen molar-refractivity contribution in [2.75, 3.05) is 0 Å². The lowest BCUT2D eigenvalue weighted by atomic mass is 9.97. The number of aromatic hydroxyl groups is 1. The molecule has 0 heterocycles. The SMILES string of the molecule is CCC(NC1CC(C)c2c(C)ccc(O)c21)C(C)C. The average molecular weight is 261 g/mol. The molecule has 1 aliphatic carbocycles. The average Bonchev–Trinajstić information content (AvgIpc) is 2.68. The Kier molecular flexibility index (Phi) is 4.19. The van der Waals surface area contributed by atoms with Crippen molar-refractivity contribution in [2.45, 2.75) is 65.5 Å². The lowest BCUT2D eigenvalue weighted by molar-refractivity contribution is 0.335. The molecule has 2 N–H and O–H groups in total. The fourth-order valence-electron chi connectivity index (χ4n) is 3.53. The quantitative estimate of drug-likeness (QED) is 0.848. The standard InChI is InChI=1S/C17H27NO/c1-6-13(10(2)3)18-14-9-12(5)16-11(4)7-8-15(19)17(14)16/h7-8,10,12-14,18-19H,6,9H2,1-5H3. The molecule has 0 bridgehead atoms. The molecule has 19 heavy (non-hydrogen) atoms. The molecule has 0 amide bonds. The number of aryl methyl sites for hydroxylation is 1. The minimum Gasteiger partial charge on any atom is -0.508 e. The summed E-state index contributed by atoms with van der Waals surface area (Å²) in [6.07, 6.45) is 2.22. The van der Waals surface area contributed by atoms with Crippen LogP contribution in [0.15, 0.2) is 12.1 Å². The third-order valence-electron chi connectivity index (χ3n) is 4.57. The van der Waals surface area contributed by atoms with E-state index in [0.717, 1.165) is 18.4 Å². The molecule has 0 aromatic heterocycles. The zero-order valence-corrected chi connectivity index (χ0v) is 12.8. The molecule has 0 spiro atoms. The van der Waals surface area contributed by atoms with Gasteiger partial charge in [0.05, 0.1) is 0 Å². The van der Waals surface area contributed by atoms with Crippen LogP contribution in [0.1, 0.15) is 69.2 Å². The molecule has 0 saturated heterocycles. The van der Waals surface area contributed by atoms with E-state index in [-0.39, 0.29) is 0 Å². The first-order valence-corrected chi connectivity index (χ1v) is 7.54. The first-order valence-electron chi connectivity index (χ1n) is 7.54. The van der Waals surface area contributed by atoms with E-state index < -0.39 is 0 Å². The van der Waals surface area contributed by atoms with Crippen LogP contribution in [0.25, 0.3) is 0 Å². The van der Waals surface area contributed by atoms with E-state index in [1.807, 2.05) is 12.1 Å². The van der Waals surface area contributed by atoms with E-state index >= 15 is 0 Å². The second-order valence-electron chi connectivity index (χ2n) is 6.34. The van der Waals surface area contributed by atoms with E-state index in [4.69, 9.17) is 0 Å². The lowest BCUT2D eigenvalue weighted by Crippen LogP contribution is -2.35. The monoisotopic (exact) mass is 261 g/mol. The zero-order valence-electron chi connectivity index (χ0n) is 12.8. The predicted octanol–water partition coefficient (Wildman–Crippen LogP) is 4.27. The summed E-state index contributed by atoms with van der Waals surface area (Å²) >= 11 is 0. The number of benzene rings is 1. The van der Waals surface area contributed by atoms with Gasteiger partial charge in [0.25, 0.3) is 0 Å². The van der Waals surface area contributed by atoms with Crippen LogP contribution in [0.5, 0.6) is 5.75 Å². The number of phenols is 1. The summed E-state index contributed by atoms with van der Waals surface area (Å²) in [4.78, 5) is 0. The third-order valence-corrected chi connectivity index (χ3v) is 4.57. The number of nitrogens with one attached hydrogen (secondary N) is 1. The Labute approximate surface area is 117 Å². The fourth-order valence-corrected chi connectivity index (χ4v) is 3.53. The number of rotatable bonds is 4. The van der Waals surface area contributed by atoms with Crippen LogP contribution in [0.2, 0.25) is 0 Å². The molecule has 0 radical (unpaired) electrons. The second-order valence-corrected chi connectivity index (χ2v) is 6.34. The Bertz CT molecular complexity index is 453. The lowest BCUT2D eigenvalue weighted by Gasteiger charge is -2.26. The van der Waals surface area contributed by atoms with Gasteiger partial charge in [-0.05, 0) is 48.8 Å². The Hall–Kier alpha value is -1.02. The Morgan fingerprint density at radius 2 is 2.00 bits per heavy atom. The number of fused-ring (bicyclic) bond motifs is 1. The molecule has 106 valence electrons. The van der Waals surface area contributed by atoms with Crippen LogP contribution >= 0.6 is 0 Å². The normalized spacial score (nSPS) is 23.7. The summed E-state index contributed by atoms with van der Waals surface area (Å²) in [6, 6.07) is 4.70. The highest BCUT2D eigenvalue weighted by Crippen LogP contribution is 2.46. The molecule has 2 heteroatoms. The predicted molar refractivity (Wildman–Crippen MR) is 80.7 cm³/mol. The molecule has 0 saturated carbocycles. The summed E-state index contributed by atoms with van der Waals surface area (Å²) in [5, 5.41) is 14.0. The molecule has 3 unspecified atom stereocenters. The van der Waals surface area contributed by atoms with Gasteiger partial charge in [0, 0.05) is 17.6 Å². The van der Waals surface area contributed by atoms with Crippen molar-refractivity contribution in [3.63, 3.8) is 0 Å². The number of hydrogen-bond donors (Lipinski definition) is 2. The minimum absolute atomic E-state index is 0.303. The molecule has 2 rings (SSSR count). The topological polar surface area (TPSA) is 32.3 Å². The van der Waals surface area contributed by atoms with E-state index in [1.54, 1.807) is 0 Å². The maximum atomic E-state index is 10.2. The molecule has 2 nitrogen and oxygen atoms in total. The van der Waals surface area contributed by atoms with Crippen LogP contribution < -0.4 is 5.32 Å². The smallest absolute Gasteiger partial charge is 0.120 e. The summed E-state index contributed by atoms with van der Waals surface area (Å²) in [7, 11) is 0. The molecule has 3 atom stereocenters. The maximum absolute atomic E-state index is 10.2. The second kappa shape index (κ2) is 5.54. The highest BCUT2D eigenvalue weighted by atomic mass is 16.3. The molecule has 0 aliphatic heterocycles. The van der Waals surface area contributed by atoms with Gasteiger partial charge >= 0.3 is 0 Å². The summed E-state index contributed by atoms with van der Waals surface area (Å²) in [5.74, 6) is 1.61. The van der Waals surface area contributed by atoms with Crippen molar-refractivity contribution >= 4 is 0 Å². The van der Waals surface area contributed by atoms with Gasteiger partial charge in [-0.3, -0.25) is 0 Å². The Balaban J connectivity index is 2.31. The van der Waals surface area contributed by atoms with Crippen molar-refractivity contribution in [1.82, 2.24) is 5.32 Å². The van der Waals surface area contributed by atoms with Crippen LogP contribution in [0.4, 0.5) is 0 Å². The van der Waals surface area contributed by atoms with Crippen LogP contribution in [-0.4, -0.2) is 11.1 Å².